The third-order valence-corrected chi connectivity index (χ3v) is 13.0. The molecule has 13 nitrogen and oxygen atoms in total. The number of carbonyl (C=O) groups is 3. The van der Waals surface area contributed by atoms with Crippen molar-refractivity contribution in [1.29, 1.82) is 0 Å². The number of hydrogen-bond donors (Lipinski definition) is 1. The van der Waals surface area contributed by atoms with Crippen LogP contribution in [0.1, 0.15) is 94.3 Å². The molecule has 0 aliphatic carbocycles. The summed E-state index contributed by atoms with van der Waals surface area (Å²) in [6.07, 6.45) is -5.14. The predicted octanol–water partition coefficient (Wildman–Crippen LogP) is 8.34. The van der Waals surface area contributed by atoms with E-state index in [1.54, 1.807) is 17.0 Å². The first-order valence-corrected chi connectivity index (χ1v) is 23.3. The van der Waals surface area contributed by atoms with Crippen molar-refractivity contribution >= 4 is 29.8 Å². The highest BCUT2D eigenvalue weighted by molar-refractivity contribution is 5.79. The lowest BCUT2D eigenvalue weighted by atomic mass is 9.86. The Bertz CT molecular complexity index is 2010. The number of likely N-dealkylation sites (tertiary alicyclic amines) is 3. The highest BCUT2D eigenvalue weighted by atomic mass is 19.4. The Balaban J connectivity index is 0.000000183. The van der Waals surface area contributed by atoms with Gasteiger partial charge in [0.1, 0.15) is 11.2 Å². The number of amides is 2. The number of benzene rings is 2. The molecule has 67 heavy (non-hydrogen) atoms. The summed E-state index contributed by atoms with van der Waals surface area (Å²) in [6.45, 7) is 22.3. The van der Waals surface area contributed by atoms with E-state index >= 15 is 0 Å². The maximum Gasteiger partial charge on any atom is 0.417 e. The van der Waals surface area contributed by atoms with Crippen LogP contribution in [0.15, 0.2) is 36.4 Å². The maximum atomic E-state index is 13.9. The Hall–Kier alpha value is -4.33. The summed E-state index contributed by atoms with van der Waals surface area (Å²) in [5.41, 5.74) is -1.09. The summed E-state index contributed by atoms with van der Waals surface area (Å²) in [4.78, 5) is 44.4. The molecule has 0 bridgehead atoms. The molecule has 2 aromatic carbocycles. The van der Waals surface area contributed by atoms with Gasteiger partial charge in [-0.05, 0) is 116 Å². The minimum atomic E-state index is -4.52. The molecule has 2 amide bonds. The third-order valence-electron chi connectivity index (χ3n) is 13.0. The van der Waals surface area contributed by atoms with Gasteiger partial charge in [0, 0.05) is 99.8 Å². The van der Waals surface area contributed by atoms with Crippen LogP contribution < -0.4 is 15.1 Å². The van der Waals surface area contributed by atoms with Crippen molar-refractivity contribution in [3.63, 3.8) is 0 Å². The number of carbonyl (C=O) groups excluding carboxylic acids is 3. The summed E-state index contributed by atoms with van der Waals surface area (Å²) < 4.78 is 101. The van der Waals surface area contributed by atoms with E-state index < -0.39 is 29.1 Å². The van der Waals surface area contributed by atoms with Crippen molar-refractivity contribution in [3.8, 4) is 0 Å². The molecule has 0 radical (unpaired) electrons. The van der Waals surface area contributed by atoms with Crippen molar-refractivity contribution in [2.45, 2.75) is 97.3 Å². The molecule has 0 aromatic heterocycles. The van der Waals surface area contributed by atoms with E-state index in [9.17, 15) is 40.7 Å². The Morgan fingerprint density at radius 2 is 1.12 bits per heavy atom. The number of hydrogen-bond acceptors (Lipinski definition) is 11. The molecule has 8 rings (SSSR count). The minimum absolute atomic E-state index is 0.0664. The van der Waals surface area contributed by atoms with Crippen LogP contribution >= 0.6 is 0 Å². The van der Waals surface area contributed by atoms with Crippen LogP contribution in [-0.2, 0) is 37.8 Å². The molecule has 374 valence electrons. The highest BCUT2D eigenvalue weighted by Gasteiger charge is 2.46. The summed E-state index contributed by atoms with van der Waals surface area (Å²) in [7, 11) is 0. The van der Waals surface area contributed by atoms with Gasteiger partial charge < -0.3 is 43.9 Å². The van der Waals surface area contributed by atoms with Crippen LogP contribution in [0.25, 0.3) is 0 Å². The first-order valence-electron chi connectivity index (χ1n) is 23.3. The SMILES string of the molecule is CC(C)(C)OC(=O)N1CCC2(CCN(Cc3ccc(N4CCOCC4)cc3C(F)(F)F)C2)C1.CC(C)(C)OC(=O)N1CCC2(CCNC2)C1.O=Cc1ccc(N2CCOCC2)cc1C(F)(F)F. The van der Waals surface area contributed by atoms with E-state index in [1.165, 1.54) is 24.6 Å². The van der Waals surface area contributed by atoms with Gasteiger partial charge in [0.15, 0.2) is 6.29 Å². The van der Waals surface area contributed by atoms with Crippen molar-refractivity contribution in [2.24, 2.45) is 10.8 Å². The molecule has 1 N–H and O–H groups in total. The number of alkyl halides is 6. The van der Waals surface area contributed by atoms with Gasteiger partial charge in [-0.15, -0.1) is 0 Å². The number of nitrogens with zero attached hydrogens (tertiary/aromatic N) is 5. The molecule has 2 atom stereocenters. The second kappa shape index (κ2) is 21.1. The zero-order valence-corrected chi connectivity index (χ0v) is 39.8. The average Bonchev–Trinajstić information content (AvgIpc) is 4.09. The fraction of sp³-hybridized carbons (Fsp3) is 0.688. The van der Waals surface area contributed by atoms with Gasteiger partial charge >= 0.3 is 24.5 Å². The van der Waals surface area contributed by atoms with Gasteiger partial charge in [-0.2, -0.15) is 26.3 Å². The molecule has 6 saturated heterocycles. The smallest absolute Gasteiger partial charge is 0.417 e. The zero-order valence-electron chi connectivity index (χ0n) is 39.8. The Kier molecular flexibility index (Phi) is 16.4. The van der Waals surface area contributed by atoms with Crippen LogP contribution in [0.2, 0.25) is 0 Å². The number of rotatable bonds is 5. The van der Waals surface area contributed by atoms with E-state index in [0.29, 0.717) is 94.6 Å². The first-order chi connectivity index (χ1) is 31.4. The molecule has 2 spiro atoms. The van der Waals surface area contributed by atoms with Gasteiger partial charge in [0.05, 0.1) is 37.6 Å². The third kappa shape index (κ3) is 14.4. The number of ether oxygens (including phenoxy) is 4. The Labute approximate surface area is 390 Å². The maximum absolute atomic E-state index is 13.9. The standard InChI is InChI=1S/C24H34F3N3O3.C12H12F3NO2.C12H22N2O2/c1-22(2,3)33-21(31)30-9-7-23(17-30)6-8-28(16-23)15-18-4-5-19(14-20(18)24(25,26)27)29-10-12-32-13-11-29;13-12(14,15)11-7-10(2-1-9(11)8-17)16-3-5-18-6-4-16;1-11(2,3)16-10(15)14-7-5-12(9-14)4-6-13-8-12/h4-5,14H,6-13,15-17H2,1-3H3;1-2,7-8H,3-6H2;13H,4-9H2,1-3H3. The van der Waals surface area contributed by atoms with E-state index in [1.807, 2.05) is 56.2 Å². The van der Waals surface area contributed by atoms with Crippen molar-refractivity contribution in [2.75, 3.05) is 115 Å². The number of halogens is 6. The van der Waals surface area contributed by atoms with E-state index in [4.69, 9.17) is 18.9 Å². The molecule has 2 unspecified atom stereocenters. The first kappa shape index (κ1) is 52.0. The topological polar surface area (TPSA) is 116 Å². The monoisotopic (exact) mass is 955 g/mol. The number of aldehydes is 1. The second-order valence-corrected chi connectivity index (χ2v) is 20.6. The van der Waals surface area contributed by atoms with Gasteiger partial charge in [0.25, 0.3) is 0 Å². The van der Waals surface area contributed by atoms with Gasteiger partial charge in [0.2, 0.25) is 0 Å². The molecule has 6 aliphatic rings. The number of anilines is 2. The molecule has 19 heteroatoms. The summed E-state index contributed by atoms with van der Waals surface area (Å²) >= 11 is 0. The fourth-order valence-electron chi connectivity index (χ4n) is 9.61. The normalized spacial score (nSPS) is 23.8. The van der Waals surface area contributed by atoms with Crippen LogP contribution in [0, 0.1) is 10.8 Å². The molecule has 6 aliphatic heterocycles. The quantitative estimate of drug-likeness (QED) is 0.231. The van der Waals surface area contributed by atoms with Crippen LogP contribution in [0.3, 0.4) is 0 Å². The molecular formula is C48H68F6N6O7. The summed E-state index contributed by atoms with van der Waals surface area (Å²) in [5.74, 6) is 0. The highest BCUT2D eigenvalue weighted by Crippen LogP contribution is 2.42. The second-order valence-electron chi connectivity index (χ2n) is 20.6. The Morgan fingerprint density at radius 3 is 1.60 bits per heavy atom. The number of nitrogens with one attached hydrogen (secondary N) is 1. The molecular weight excluding hydrogens is 887 g/mol. The van der Waals surface area contributed by atoms with Gasteiger partial charge in [-0.1, -0.05) is 6.07 Å². The predicted molar refractivity (Wildman–Crippen MR) is 241 cm³/mol. The van der Waals surface area contributed by atoms with E-state index in [2.05, 4.69) is 10.2 Å². The lowest BCUT2D eigenvalue weighted by molar-refractivity contribution is -0.139. The summed E-state index contributed by atoms with van der Waals surface area (Å²) in [6, 6.07) is 8.47. The molecule has 6 fully saturated rings. The van der Waals surface area contributed by atoms with E-state index in [0.717, 1.165) is 58.1 Å². The van der Waals surface area contributed by atoms with Crippen molar-refractivity contribution in [3.05, 3.63) is 58.7 Å². The van der Waals surface area contributed by atoms with Crippen molar-refractivity contribution < 1.29 is 59.7 Å². The van der Waals surface area contributed by atoms with Gasteiger partial charge in [-0.3, -0.25) is 9.69 Å². The van der Waals surface area contributed by atoms with Crippen molar-refractivity contribution in [1.82, 2.24) is 20.0 Å². The lowest BCUT2D eigenvalue weighted by Crippen LogP contribution is -2.37. The zero-order chi connectivity index (χ0) is 48.8. The van der Waals surface area contributed by atoms with Crippen LogP contribution in [-0.4, -0.2) is 149 Å². The minimum Gasteiger partial charge on any atom is -0.444 e. The largest absolute Gasteiger partial charge is 0.444 e. The van der Waals surface area contributed by atoms with Gasteiger partial charge in [-0.25, -0.2) is 9.59 Å². The van der Waals surface area contributed by atoms with Crippen LogP contribution in [0.5, 0.6) is 0 Å². The molecule has 0 saturated carbocycles. The fourth-order valence-corrected chi connectivity index (χ4v) is 9.61. The Morgan fingerprint density at radius 1 is 0.642 bits per heavy atom. The van der Waals surface area contributed by atoms with E-state index in [-0.39, 0.29) is 41.6 Å². The summed E-state index contributed by atoms with van der Waals surface area (Å²) in [5, 5.41) is 3.38. The number of morpholine rings is 2. The average molecular weight is 955 g/mol. The molecule has 6 heterocycles. The lowest BCUT2D eigenvalue weighted by Gasteiger charge is -2.30. The van der Waals surface area contributed by atoms with Crippen LogP contribution in [0.4, 0.5) is 47.3 Å². The molecule has 2 aromatic rings.